The summed E-state index contributed by atoms with van der Waals surface area (Å²) in [5, 5.41) is 6.18. The molecule has 2 rings (SSSR count). The fourth-order valence-corrected chi connectivity index (χ4v) is 2.78. The summed E-state index contributed by atoms with van der Waals surface area (Å²) in [5.74, 6) is -0.833. The zero-order chi connectivity index (χ0) is 20.0. The smallest absolute Gasteiger partial charge is 0.228 e. The van der Waals surface area contributed by atoms with Gasteiger partial charge in [0, 0.05) is 10.0 Å². The van der Waals surface area contributed by atoms with E-state index in [1.165, 1.54) is 0 Å². The molecule has 2 aromatic carbocycles. The molecule has 0 aromatic heterocycles. The molecule has 0 saturated heterocycles. The highest BCUT2D eigenvalue weighted by atomic mass is 35.6. The minimum absolute atomic E-state index is 0.0431. The Morgan fingerprint density at radius 3 is 1.37 bits per heavy atom. The summed E-state index contributed by atoms with van der Waals surface area (Å²) in [6, 6.07) is 13.5. The van der Waals surface area contributed by atoms with E-state index in [1.54, 1.807) is 48.5 Å². The first-order valence-corrected chi connectivity index (χ1v) is 9.67. The second-order valence-corrected chi connectivity index (χ2v) is 8.96. The molecule has 0 unspecified atom stereocenters. The van der Waals surface area contributed by atoms with Gasteiger partial charge < -0.3 is 10.6 Å². The fourth-order valence-electron chi connectivity index (χ4n) is 2.20. The van der Waals surface area contributed by atoms with Crippen LogP contribution < -0.4 is 10.6 Å². The Morgan fingerprint density at radius 1 is 0.741 bits per heavy atom. The lowest BCUT2D eigenvalue weighted by atomic mass is 10.1. The molecule has 4 nitrogen and oxygen atoms in total. The van der Waals surface area contributed by atoms with Crippen LogP contribution >= 0.6 is 58.0 Å². The van der Waals surface area contributed by atoms with Crippen LogP contribution in [0.2, 0.25) is 10.0 Å². The van der Waals surface area contributed by atoms with Gasteiger partial charge in [-0.25, -0.2) is 0 Å². The normalized spacial score (nSPS) is 11.3. The molecule has 144 valence electrons. The molecule has 0 aliphatic rings. The highest BCUT2D eigenvalue weighted by molar-refractivity contribution is 6.68. The summed E-state index contributed by atoms with van der Waals surface area (Å²) in [5.41, 5.74) is 1.46. The van der Waals surface area contributed by atoms with Crippen molar-refractivity contribution >= 4 is 69.8 Å². The molecule has 2 amide bonds. The van der Waals surface area contributed by atoms with Gasteiger partial charge in [0.05, 0.1) is 12.8 Å². The van der Waals surface area contributed by atoms with Gasteiger partial charge in [0.25, 0.3) is 0 Å². The van der Waals surface area contributed by atoms with Crippen molar-refractivity contribution in [3.05, 3.63) is 69.7 Å². The van der Waals surface area contributed by atoms with E-state index in [0.29, 0.717) is 10.0 Å². The average Bonchev–Trinajstić information content (AvgIpc) is 2.57. The van der Waals surface area contributed by atoms with Crippen molar-refractivity contribution in [2.75, 3.05) is 0 Å². The highest BCUT2D eigenvalue weighted by Gasteiger charge is 2.35. The monoisotopic (exact) mass is 466 g/mol. The van der Waals surface area contributed by atoms with E-state index in [-0.39, 0.29) is 12.8 Å². The Hall–Kier alpha value is -1.17. The second-order valence-electron chi connectivity index (χ2n) is 5.72. The van der Waals surface area contributed by atoms with Crippen molar-refractivity contribution in [2.45, 2.75) is 22.8 Å². The summed E-state index contributed by atoms with van der Waals surface area (Å²) < 4.78 is -1.93. The summed E-state index contributed by atoms with van der Waals surface area (Å²) in [6.45, 7) is 0. The molecular weight excluding hydrogens is 453 g/mol. The molecule has 0 atom stereocenters. The largest absolute Gasteiger partial charge is 0.332 e. The van der Waals surface area contributed by atoms with E-state index < -0.39 is 21.8 Å². The maximum atomic E-state index is 12.2. The third-order valence-electron chi connectivity index (χ3n) is 3.49. The average molecular weight is 469 g/mol. The topological polar surface area (TPSA) is 58.2 Å². The van der Waals surface area contributed by atoms with Crippen LogP contribution in [-0.4, -0.2) is 21.8 Å². The zero-order valence-electron chi connectivity index (χ0n) is 13.8. The summed E-state index contributed by atoms with van der Waals surface area (Å²) in [4.78, 5) is 24.5. The summed E-state index contributed by atoms with van der Waals surface area (Å²) in [6.07, 6.45) is -1.11. The molecule has 0 heterocycles. The van der Waals surface area contributed by atoms with Gasteiger partial charge in [0.2, 0.25) is 15.6 Å². The molecule has 0 fully saturated rings. The van der Waals surface area contributed by atoms with Gasteiger partial charge in [-0.05, 0) is 35.4 Å². The lowest BCUT2D eigenvalue weighted by Crippen LogP contribution is -2.55. The van der Waals surface area contributed by atoms with Gasteiger partial charge in [-0.2, -0.15) is 0 Å². The molecule has 0 saturated carbocycles. The Kier molecular flexibility index (Phi) is 8.07. The predicted octanol–water partition coefficient (Wildman–Crippen LogP) is 4.71. The van der Waals surface area contributed by atoms with Crippen LogP contribution in [0.5, 0.6) is 0 Å². The Balaban J connectivity index is 1.97. The quantitative estimate of drug-likeness (QED) is 0.477. The van der Waals surface area contributed by atoms with Crippen LogP contribution in [0, 0.1) is 0 Å². The van der Waals surface area contributed by atoms with Crippen molar-refractivity contribution in [1.29, 1.82) is 0 Å². The number of halogens is 5. The highest BCUT2D eigenvalue weighted by Crippen LogP contribution is 2.29. The summed E-state index contributed by atoms with van der Waals surface area (Å²) in [7, 11) is 0. The molecular formula is C18H15Cl5N2O2. The number of alkyl halides is 3. The Labute approximate surface area is 182 Å². The fraction of sp³-hybridized carbons (Fsp3) is 0.222. The van der Waals surface area contributed by atoms with Crippen molar-refractivity contribution in [2.24, 2.45) is 0 Å². The standard InChI is InChI=1S/C18H15Cl5N2O2/c19-13-5-1-11(2-6-13)9-15(26)24-17(18(21,22)23)25-16(27)10-12-3-7-14(20)8-4-12/h1-8,17H,9-10H2,(H,24,26)(H,25,27). The second kappa shape index (κ2) is 9.85. The van der Waals surface area contributed by atoms with E-state index in [9.17, 15) is 9.59 Å². The molecule has 2 N–H and O–H groups in total. The Morgan fingerprint density at radius 2 is 1.07 bits per heavy atom. The van der Waals surface area contributed by atoms with Crippen LogP contribution in [-0.2, 0) is 22.4 Å². The number of hydrogen-bond acceptors (Lipinski definition) is 2. The molecule has 2 aromatic rings. The van der Waals surface area contributed by atoms with E-state index in [0.717, 1.165) is 11.1 Å². The van der Waals surface area contributed by atoms with Crippen LogP contribution in [0.4, 0.5) is 0 Å². The lowest BCUT2D eigenvalue weighted by molar-refractivity contribution is -0.123. The Bertz CT molecular complexity index is 727. The van der Waals surface area contributed by atoms with Gasteiger partial charge in [-0.1, -0.05) is 82.3 Å². The van der Waals surface area contributed by atoms with Crippen molar-refractivity contribution in [3.8, 4) is 0 Å². The van der Waals surface area contributed by atoms with E-state index in [2.05, 4.69) is 10.6 Å². The summed E-state index contributed by atoms with van der Waals surface area (Å²) >= 11 is 29.3. The first-order valence-electron chi connectivity index (χ1n) is 7.78. The minimum Gasteiger partial charge on any atom is -0.332 e. The number of hydrogen-bond donors (Lipinski definition) is 2. The van der Waals surface area contributed by atoms with Crippen LogP contribution in [0.25, 0.3) is 0 Å². The number of carbonyl (C=O) groups excluding carboxylic acids is 2. The molecule has 0 aliphatic heterocycles. The van der Waals surface area contributed by atoms with Crippen LogP contribution in [0.15, 0.2) is 48.5 Å². The predicted molar refractivity (Wildman–Crippen MR) is 111 cm³/mol. The minimum atomic E-state index is -1.93. The number of nitrogens with one attached hydrogen (secondary N) is 2. The number of benzene rings is 2. The van der Waals surface area contributed by atoms with Gasteiger partial charge in [0.15, 0.2) is 0 Å². The number of amides is 2. The van der Waals surface area contributed by atoms with Gasteiger partial charge in [-0.3, -0.25) is 9.59 Å². The van der Waals surface area contributed by atoms with E-state index >= 15 is 0 Å². The number of rotatable bonds is 6. The lowest BCUT2D eigenvalue weighted by Gasteiger charge is -2.26. The molecule has 0 radical (unpaired) electrons. The molecule has 0 bridgehead atoms. The first-order chi connectivity index (χ1) is 12.6. The van der Waals surface area contributed by atoms with Gasteiger partial charge in [-0.15, -0.1) is 0 Å². The van der Waals surface area contributed by atoms with Gasteiger partial charge >= 0.3 is 0 Å². The molecule has 9 heteroatoms. The molecule has 27 heavy (non-hydrogen) atoms. The third-order valence-corrected chi connectivity index (χ3v) is 4.65. The van der Waals surface area contributed by atoms with Crippen molar-refractivity contribution in [3.63, 3.8) is 0 Å². The van der Waals surface area contributed by atoms with Crippen molar-refractivity contribution < 1.29 is 9.59 Å². The van der Waals surface area contributed by atoms with Crippen LogP contribution in [0.1, 0.15) is 11.1 Å². The van der Waals surface area contributed by atoms with Crippen LogP contribution in [0.3, 0.4) is 0 Å². The van der Waals surface area contributed by atoms with E-state index in [1.807, 2.05) is 0 Å². The zero-order valence-corrected chi connectivity index (χ0v) is 17.6. The SMILES string of the molecule is O=C(Cc1ccc(Cl)cc1)NC(NC(=O)Cc1ccc(Cl)cc1)C(Cl)(Cl)Cl. The maximum absolute atomic E-state index is 12.2. The van der Waals surface area contributed by atoms with Gasteiger partial charge in [0.1, 0.15) is 6.17 Å². The molecule has 0 aliphatic carbocycles. The molecule has 0 spiro atoms. The third kappa shape index (κ3) is 7.76. The van der Waals surface area contributed by atoms with E-state index in [4.69, 9.17) is 58.0 Å². The first kappa shape index (κ1) is 22.1. The number of carbonyl (C=O) groups is 2. The maximum Gasteiger partial charge on any atom is 0.228 e. The van der Waals surface area contributed by atoms with Crippen molar-refractivity contribution in [1.82, 2.24) is 10.6 Å².